The van der Waals surface area contributed by atoms with Gasteiger partial charge in [-0.05, 0) is 37.5 Å². The van der Waals surface area contributed by atoms with E-state index in [1.165, 1.54) is 32.1 Å². The Kier molecular flexibility index (Phi) is 0.961. The highest BCUT2D eigenvalue weighted by molar-refractivity contribution is 5.92. The average molecular weight is 150 g/mol. The van der Waals surface area contributed by atoms with Crippen molar-refractivity contribution in [3.63, 3.8) is 0 Å². The molecule has 60 valence electrons. The normalized spacial score (nSPS) is 53.6. The van der Waals surface area contributed by atoms with Crippen LogP contribution in [0.15, 0.2) is 0 Å². The van der Waals surface area contributed by atoms with E-state index < -0.39 is 0 Å². The molecule has 11 heavy (non-hydrogen) atoms. The van der Waals surface area contributed by atoms with Gasteiger partial charge in [-0.15, -0.1) is 0 Å². The Morgan fingerprint density at radius 1 is 1.18 bits per heavy atom. The van der Waals surface area contributed by atoms with E-state index in [1.807, 2.05) is 0 Å². The molecule has 3 rings (SSSR count). The van der Waals surface area contributed by atoms with Gasteiger partial charge >= 0.3 is 0 Å². The van der Waals surface area contributed by atoms with Gasteiger partial charge in [-0.25, -0.2) is 0 Å². The van der Waals surface area contributed by atoms with Crippen molar-refractivity contribution in [1.82, 2.24) is 0 Å². The molecular weight excluding hydrogens is 136 g/mol. The molecule has 0 aliphatic heterocycles. The van der Waals surface area contributed by atoms with Gasteiger partial charge in [0, 0.05) is 11.8 Å². The maximum absolute atomic E-state index is 11.5. The lowest BCUT2D eigenvalue weighted by Gasteiger charge is -2.43. The van der Waals surface area contributed by atoms with Crippen LogP contribution in [-0.4, -0.2) is 5.78 Å². The fourth-order valence-electron chi connectivity index (χ4n) is 3.86. The first kappa shape index (κ1) is 6.22. The SMILES string of the molecule is O=C1C[C@H]2CC[C@@H]3CCC[C@@]132. The summed E-state index contributed by atoms with van der Waals surface area (Å²) in [5.41, 5.74) is 0.264. The summed E-state index contributed by atoms with van der Waals surface area (Å²) in [5, 5.41) is 0. The van der Waals surface area contributed by atoms with Crippen molar-refractivity contribution in [2.75, 3.05) is 0 Å². The summed E-state index contributed by atoms with van der Waals surface area (Å²) in [7, 11) is 0. The third-order valence-corrected chi connectivity index (χ3v) is 4.41. The summed E-state index contributed by atoms with van der Waals surface area (Å²) >= 11 is 0. The van der Waals surface area contributed by atoms with Crippen LogP contribution < -0.4 is 0 Å². The molecule has 3 aliphatic rings. The number of carbonyl (C=O) groups is 1. The molecule has 0 aromatic rings. The third kappa shape index (κ3) is 0.502. The molecule has 0 N–H and O–H groups in total. The van der Waals surface area contributed by atoms with Crippen molar-refractivity contribution in [2.45, 2.75) is 38.5 Å². The van der Waals surface area contributed by atoms with Gasteiger partial charge in [0.05, 0.1) is 0 Å². The van der Waals surface area contributed by atoms with Gasteiger partial charge in [-0.1, -0.05) is 6.42 Å². The Labute approximate surface area is 67.2 Å². The van der Waals surface area contributed by atoms with Gasteiger partial charge in [-0.2, -0.15) is 0 Å². The van der Waals surface area contributed by atoms with Crippen molar-refractivity contribution in [1.29, 1.82) is 0 Å². The van der Waals surface area contributed by atoms with Gasteiger partial charge in [-0.3, -0.25) is 4.79 Å². The largest absolute Gasteiger partial charge is 0.299 e. The minimum atomic E-state index is 0.264. The molecule has 1 nitrogen and oxygen atoms in total. The third-order valence-electron chi connectivity index (χ3n) is 4.41. The number of hydrogen-bond acceptors (Lipinski definition) is 1. The first-order chi connectivity index (χ1) is 5.34. The minimum absolute atomic E-state index is 0.264. The summed E-state index contributed by atoms with van der Waals surface area (Å²) in [6, 6.07) is 0. The maximum Gasteiger partial charge on any atom is 0.139 e. The molecule has 0 saturated heterocycles. The molecule has 3 aliphatic carbocycles. The van der Waals surface area contributed by atoms with Gasteiger partial charge < -0.3 is 0 Å². The Morgan fingerprint density at radius 3 is 2.73 bits per heavy atom. The standard InChI is InChI=1S/C10H14O/c11-9-6-8-4-3-7-2-1-5-10(7,8)9/h7-8H,1-6H2/t7-,8+,10+/m0/s1. The molecule has 0 radical (unpaired) electrons. The van der Waals surface area contributed by atoms with E-state index in [1.54, 1.807) is 0 Å². The Balaban J connectivity index is 2.03. The van der Waals surface area contributed by atoms with E-state index in [0.717, 1.165) is 18.3 Å². The van der Waals surface area contributed by atoms with Gasteiger partial charge in [0.1, 0.15) is 5.78 Å². The number of hydrogen-bond donors (Lipinski definition) is 0. The highest BCUT2D eigenvalue weighted by Gasteiger charge is 2.63. The molecule has 0 aromatic heterocycles. The van der Waals surface area contributed by atoms with Gasteiger partial charge in [0.15, 0.2) is 0 Å². The quantitative estimate of drug-likeness (QED) is 0.517. The molecule has 3 fully saturated rings. The predicted molar refractivity (Wildman–Crippen MR) is 42.1 cm³/mol. The molecule has 0 bridgehead atoms. The lowest BCUT2D eigenvalue weighted by Crippen LogP contribution is -2.47. The Bertz CT molecular complexity index is 221. The smallest absolute Gasteiger partial charge is 0.139 e. The van der Waals surface area contributed by atoms with Crippen molar-refractivity contribution < 1.29 is 4.79 Å². The van der Waals surface area contributed by atoms with Crippen LogP contribution in [0.3, 0.4) is 0 Å². The first-order valence-corrected chi connectivity index (χ1v) is 4.87. The van der Waals surface area contributed by atoms with Crippen LogP contribution >= 0.6 is 0 Å². The van der Waals surface area contributed by atoms with Crippen molar-refractivity contribution in [2.24, 2.45) is 17.3 Å². The lowest BCUT2D eigenvalue weighted by atomic mass is 9.58. The monoisotopic (exact) mass is 150 g/mol. The van der Waals surface area contributed by atoms with Crippen molar-refractivity contribution >= 4 is 5.78 Å². The summed E-state index contributed by atoms with van der Waals surface area (Å²) in [6.45, 7) is 0. The molecule has 0 amide bonds. The highest BCUT2D eigenvalue weighted by Crippen LogP contribution is 2.65. The molecule has 1 spiro atoms. The van der Waals surface area contributed by atoms with Gasteiger partial charge in [0.2, 0.25) is 0 Å². The molecular formula is C10H14O. The zero-order chi connectivity index (χ0) is 7.47. The van der Waals surface area contributed by atoms with Crippen LogP contribution in [0.2, 0.25) is 0 Å². The van der Waals surface area contributed by atoms with E-state index >= 15 is 0 Å². The summed E-state index contributed by atoms with van der Waals surface area (Å²) in [6.07, 6.45) is 7.56. The molecule has 0 aromatic carbocycles. The van der Waals surface area contributed by atoms with Crippen LogP contribution in [0.4, 0.5) is 0 Å². The lowest BCUT2D eigenvalue weighted by molar-refractivity contribution is -0.145. The van der Waals surface area contributed by atoms with Crippen molar-refractivity contribution in [3.8, 4) is 0 Å². The van der Waals surface area contributed by atoms with Crippen LogP contribution in [0, 0.1) is 17.3 Å². The highest BCUT2D eigenvalue weighted by atomic mass is 16.1. The second kappa shape index (κ2) is 1.70. The number of ketones is 1. The van der Waals surface area contributed by atoms with Crippen LogP contribution in [-0.2, 0) is 4.79 Å². The molecule has 3 saturated carbocycles. The Morgan fingerprint density at radius 2 is 2.00 bits per heavy atom. The number of rotatable bonds is 0. The van der Waals surface area contributed by atoms with Crippen LogP contribution in [0.5, 0.6) is 0 Å². The fourth-order valence-corrected chi connectivity index (χ4v) is 3.86. The Hall–Kier alpha value is -0.330. The van der Waals surface area contributed by atoms with Crippen LogP contribution in [0.25, 0.3) is 0 Å². The van der Waals surface area contributed by atoms with E-state index in [2.05, 4.69) is 0 Å². The van der Waals surface area contributed by atoms with E-state index in [0.29, 0.717) is 5.78 Å². The second-order valence-corrected chi connectivity index (χ2v) is 4.53. The summed E-state index contributed by atoms with van der Waals surface area (Å²) in [4.78, 5) is 11.5. The molecule has 0 heterocycles. The minimum Gasteiger partial charge on any atom is -0.299 e. The van der Waals surface area contributed by atoms with Crippen molar-refractivity contribution in [3.05, 3.63) is 0 Å². The summed E-state index contributed by atoms with van der Waals surface area (Å²) in [5.74, 6) is 2.25. The maximum atomic E-state index is 11.5. The van der Waals surface area contributed by atoms with E-state index in [-0.39, 0.29) is 5.41 Å². The first-order valence-electron chi connectivity index (χ1n) is 4.87. The summed E-state index contributed by atoms with van der Waals surface area (Å²) < 4.78 is 0. The zero-order valence-electron chi connectivity index (χ0n) is 6.81. The van der Waals surface area contributed by atoms with Gasteiger partial charge in [0.25, 0.3) is 0 Å². The van der Waals surface area contributed by atoms with E-state index in [4.69, 9.17) is 0 Å². The number of carbonyl (C=O) groups excluding carboxylic acids is 1. The molecule has 1 heteroatoms. The molecule has 3 atom stereocenters. The molecule has 0 unspecified atom stereocenters. The predicted octanol–water partition coefficient (Wildman–Crippen LogP) is 2.16. The number of Topliss-reactive ketones (excluding diaryl/α,β-unsaturated/α-hetero) is 1. The van der Waals surface area contributed by atoms with Crippen LogP contribution in [0.1, 0.15) is 38.5 Å². The van der Waals surface area contributed by atoms with E-state index in [9.17, 15) is 4.79 Å². The zero-order valence-corrected chi connectivity index (χ0v) is 6.81. The average Bonchev–Trinajstić information content (AvgIpc) is 2.50. The second-order valence-electron chi connectivity index (χ2n) is 4.53. The topological polar surface area (TPSA) is 17.1 Å². The fraction of sp³-hybridized carbons (Fsp3) is 0.900.